The molecule has 1 unspecified atom stereocenters. The molecule has 0 spiro atoms. The number of carbonyl (C=O) groups excluding carboxylic acids is 1. The molecule has 0 bridgehead atoms. The molecular weight excluding hydrogens is 414 g/mol. The van der Waals surface area contributed by atoms with E-state index >= 15 is 0 Å². The number of aromatic nitrogens is 2. The van der Waals surface area contributed by atoms with Crippen molar-refractivity contribution >= 4 is 35.0 Å². The number of phenolic OH excluding ortho intramolecular Hbond substituents is 2. The summed E-state index contributed by atoms with van der Waals surface area (Å²) in [5.74, 6) is 0.670. The first-order chi connectivity index (χ1) is 14.6. The standard InChI is InChI=1S/C22H27N5O3S/c1-22(2,3)18(13-9-10-16(28)17(29)12-13)24-20-19(25-31-26-20)23-15-8-6-7-14(11-15)21(30)27(4)5/h6-12,18,28-29H,1-5H3,(H,23,25)(H,24,26). The van der Waals surface area contributed by atoms with Crippen molar-refractivity contribution in [2.24, 2.45) is 5.41 Å². The van der Waals surface area contributed by atoms with Crippen LogP contribution in [-0.2, 0) is 0 Å². The van der Waals surface area contributed by atoms with Crippen LogP contribution < -0.4 is 10.6 Å². The number of phenols is 2. The summed E-state index contributed by atoms with van der Waals surface area (Å²) in [5.41, 5.74) is 1.86. The molecule has 9 heteroatoms. The number of anilines is 3. The van der Waals surface area contributed by atoms with Gasteiger partial charge in [0.2, 0.25) is 0 Å². The second-order valence-electron chi connectivity index (χ2n) is 8.56. The molecule has 0 aliphatic heterocycles. The Morgan fingerprint density at radius 2 is 1.74 bits per heavy atom. The van der Waals surface area contributed by atoms with E-state index in [2.05, 4.69) is 40.2 Å². The van der Waals surface area contributed by atoms with E-state index in [-0.39, 0.29) is 28.9 Å². The fourth-order valence-electron chi connectivity index (χ4n) is 3.15. The van der Waals surface area contributed by atoms with E-state index in [1.54, 1.807) is 38.4 Å². The van der Waals surface area contributed by atoms with Crippen LogP contribution in [0.25, 0.3) is 0 Å². The average molecular weight is 442 g/mol. The van der Waals surface area contributed by atoms with Gasteiger partial charge >= 0.3 is 0 Å². The van der Waals surface area contributed by atoms with Crippen LogP contribution in [0.3, 0.4) is 0 Å². The Labute approximate surface area is 185 Å². The molecule has 0 saturated carbocycles. The molecular formula is C22H27N5O3S. The minimum atomic E-state index is -0.234. The summed E-state index contributed by atoms with van der Waals surface area (Å²) in [6.07, 6.45) is 0. The molecule has 4 N–H and O–H groups in total. The summed E-state index contributed by atoms with van der Waals surface area (Å²) >= 11 is 1.06. The molecule has 164 valence electrons. The van der Waals surface area contributed by atoms with Gasteiger partial charge in [0.05, 0.1) is 17.8 Å². The third kappa shape index (κ3) is 5.24. The van der Waals surface area contributed by atoms with E-state index in [1.165, 1.54) is 11.0 Å². The van der Waals surface area contributed by atoms with Crippen molar-refractivity contribution in [2.45, 2.75) is 26.8 Å². The number of amides is 1. The summed E-state index contributed by atoms with van der Waals surface area (Å²) in [6.45, 7) is 6.20. The zero-order chi connectivity index (χ0) is 22.8. The van der Waals surface area contributed by atoms with Crippen LogP contribution in [0.1, 0.15) is 42.7 Å². The minimum Gasteiger partial charge on any atom is -0.504 e. The van der Waals surface area contributed by atoms with E-state index < -0.39 is 0 Å². The Morgan fingerprint density at radius 3 is 2.39 bits per heavy atom. The Hall–Kier alpha value is -3.33. The van der Waals surface area contributed by atoms with E-state index in [4.69, 9.17) is 0 Å². The molecule has 0 aliphatic carbocycles. The highest BCUT2D eigenvalue weighted by atomic mass is 32.1. The number of benzene rings is 2. The topological polar surface area (TPSA) is 111 Å². The molecule has 3 rings (SSSR count). The summed E-state index contributed by atoms with van der Waals surface area (Å²) in [7, 11) is 3.42. The SMILES string of the molecule is CN(C)C(=O)c1cccc(Nc2nsnc2NC(c2ccc(O)c(O)c2)C(C)(C)C)c1. The maximum atomic E-state index is 12.3. The van der Waals surface area contributed by atoms with Crippen molar-refractivity contribution in [3.05, 3.63) is 53.6 Å². The van der Waals surface area contributed by atoms with Gasteiger partial charge in [-0.2, -0.15) is 8.75 Å². The van der Waals surface area contributed by atoms with E-state index in [1.807, 2.05) is 12.1 Å². The molecule has 0 saturated heterocycles. The summed E-state index contributed by atoms with van der Waals surface area (Å²) < 4.78 is 8.74. The van der Waals surface area contributed by atoms with E-state index in [9.17, 15) is 15.0 Å². The zero-order valence-corrected chi connectivity index (χ0v) is 19.0. The highest BCUT2D eigenvalue weighted by Crippen LogP contribution is 2.40. The normalized spacial score (nSPS) is 12.3. The molecule has 1 amide bonds. The number of nitrogens with zero attached hydrogens (tertiary/aromatic N) is 3. The van der Waals surface area contributed by atoms with Gasteiger partial charge in [0.15, 0.2) is 23.1 Å². The summed E-state index contributed by atoms with van der Waals surface area (Å²) in [4.78, 5) is 13.8. The first-order valence-corrected chi connectivity index (χ1v) is 10.5. The lowest BCUT2D eigenvalue weighted by Gasteiger charge is -2.32. The van der Waals surface area contributed by atoms with Gasteiger partial charge in [-0.25, -0.2) is 0 Å². The Morgan fingerprint density at radius 1 is 1.03 bits per heavy atom. The maximum Gasteiger partial charge on any atom is 0.253 e. The third-order valence-electron chi connectivity index (χ3n) is 4.75. The second-order valence-corrected chi connectivity index (χ2v) is 9.09. The predicted molar refractivity (Wildman–Crippen MR) is 123 cm³/mol. The van der Waals surface area contributed by atoms with Crippen LogP contribution in [0.4, 0.5) is 17.3 Å². The van der Waals surface area contributed by atoms with Gasteiger partial charge < -0.3 is 25.7 Å². The Kier molecular flexibility index (Phi) is 6.35. The van der Waals surface area contributed by atoms with Crippen molar-refractivity contribution in [1.29, 1.82) is 0 Å². The van der Waals surface area contributed by atoms with Gasteiger partial charge in [0.1, 0.15) is 0 Å². The van der Waals surface area contributed by atoms with Crippen molar-refractivity contribution < 1.29 is 15.0 Å². The average Bonchev–Trinajstić information content (AvgIpc) is 3.13. The molecule has 3 aromatic rings. The molecule has 0 radical (unpaired) electrons. The predicted octanol–water partition coefficient (Wildman–Crippen LogP) is 4.59. The smallest absolute Gasteiger partial charge is 0.253 e. The number of carbonyl (C=O) groups is 1. The fraction of sp³-hybridized carbons (Fsp3) is 0.318. The van der Waals surface area contributed by atoms with E-state index in [0.29, 0.717) is 17.2 Å². The summed E-state index contributed by atoms with van der Waals surface area (Å²) in [6, 6.07) is 11.8. The first kappa shape index (κ1) is 22.4. The van der Waals surface area contributed by atoms with Crippen LogP contribution in [0.5, 0.6) is 11.5 Å². The van der Waals surface area contributed by atoms with Crippen LogP contribution >= 0.6 is 11.7 Å². The number of aromatic hydroxyl groups is 2. The monoisotopic (exact) mass is 441 g/mol. The van der Waals surface area contributed by atoms with Crippen LogP contribution in [0, 0.1) is 5.41 Å². The Bertz CT molecular complexity index is 1080. The highest BCUT2D eigenvalue weighted by Gasteiger charge is 2.28. The van der Waals surface area contributed by atoms with Gasteiger partial charge in [0.25, 0.3) is 5.91 Å². The van der Waals surface area contributed by atoms with Crippen molar-refractivity contribution in [3.63, 3.8) is 0 Å². The molecule has 2 aromatic carbocycles. The second kappa shape index (κ2) is 8.81. The molecule has 1 heterocycles. The lowest BCUT2D eigenvalue weighted by atomic mass is 9.82. The third-order valence-corrected chi connectivity index (χ3v) is 5.28. The number of rotatable bonds is 6. The maximum absolute atomic E-state index is 12.3. The van der Waals surface area contributed by atoms with E-state index in [0.717, 1.165) is 23.0 Å². The number of nitrogens with one attached hydrogen (secondary N) is 2. The minimum absolute atomic E-state index is 0.0849. The molecule has 8 nitrogen and oxygen atoms in total. The Balaban J connectivity index is 1.87. The summed E-state index contributed by atoms with van der Waals surface area (Å²) in [5, 5.41) is 26.3. The number of hydrogen-bond acceptors (Lipinski definition) is 8. The van der Waals surface area contributed by atoms with Crippen LogP contribution in [0.15, 0.2) is 42.5 Å². The quantitative estimate of drug-likeness (QED) is 0.414. The molecule has 1 atom stereocenters. The largest absolute Gasteiger partial charge is 0.504 e. The molecule has 31 heavy (non-hydrogen) atoms. The van der Waals surface area contributed by atoms with Crippen LogP contribution in [-0.4, -0.2) is 43.9 Å². The van der Waals surface area contributed by atoms with Gasteiger partial charge in [-0.05, 0) is 41.3 Å². The number of hydrogen-bond donors (Lipinski definition) is 4. The lowest BCUT2D eigenvalue weighted by Crippen LogP contribution is -2.26. The molecule has 0 aliphatic rings. The van der Waals surface area contributed by atoms with Crippen molar-refractivity contribution in [3.8, 4) is 11.5 Å². The fourth-order valence-corrected chi connectivity index (χ4v) is 3.62. The van der Waals surface area contributed by atoms with Gasteiger partial charge in [-0.1, -0.05) is 32.9 Å². The molecule has 0 fully saturated rings. The first-order valence-electron chi connectivity index (χ1n) is 9.76. The van der Waals surface area contributed by atoms with Crippen molar-refractivity contribution in [1.82, 2.24) is 13.6 Å². The lowest BCUT2D eigenvalue weighted by molar-refractivity contribution is 0.0827. The van der Waals surface area contributed by atoms with Gasteiger partial charge in [-0.15, -0.1) is 0 Å². The van der Waals surface area contributed by atoms with Crippen LogP contribution in [0.2, 0.25) is 0 Å². The molecule has 1 aromatic heterocycles. The zero-order valence-electron chi connectivity index (χ0n) is 18.2. The van der Waals surface area contributed by atoms with Crippen molar-refractivity contribution in [2.75, 3.05) is 24.7 Å². The van der Waals surface area contributed by atoms with Gasteiger partial charge in [-0.3, -0.25) is 4.79 Å². The highest BCUT2D eigenvalue weighted by molar-refractivity contribution is 6.99. The van der Waals surface area contributed by atoms with Gasteiger partial charge in [0, 0.05) is 25.3 Å².